The molecule has 3 rings (SSSR count). The van der Waals surface area contributed by atoms with Crippen LogP contribution in [0.5, 0.6) is 5.75 Å². The Labute approximate surface area is 196 Å². The molecule has 0 radical (unpaired) electrons. The highest BCUT2D eigenvalue weighted by molar-refractivity contribution is 14.0. The molecule has 0 amide bonds. The van der Waals surface area contributed by atoms with Crippen LogP contribution in [0.15, 0.2) is 46.1 Å². The van der Waals surface area contributed by atoms with Crippen LogP contribution >= 0.6 is 35.3 Å². The highest BCUT2D eigenvalue weighted by Gasteiger charge is 2.20. The molecule has 1 aliphatic rings. The number of hydrogen-bond acceptors (Lipinski definition) is 4. The maximum Gasteiger partial charge on any atom is 0.191 e. The van der Waals surface area contributed by atoms with Gasteiger partial charge in [0.1, 0.15) is 11.9 Å². The predicted octanol–water partition coefficient (Wildman–Crippen LogP) is 4.27. The number of benzene rings is 1. The quantitative estimate of drug-likeness (QED) is 0.320. The lowest BCUT2D eigenvalue weighted by atomic mass is 10.0. The second-order valence-corrected chi connectivity index (χ2v) is 8.30. The zero-order valence-electron chi connectivity index (χ0n) is 17.6. The number of aryl methyl sites for hydroxylation is 1. The van der Waals surface area contributed by atoms with Crippen molar-refractivity contribution >= 4 is 41.3 Å². The zero-order valence-corrected chi connectivity index (χ0v) is 20.7. The molecule has 0 bridgehead atoms. The number of guanidine groups is 1. The summed E-state index contributed by atoms with van der Waals surface area (Å²) in [5, 5.41) is 11.4. The van der Waals surface area contributed by atoms with Crippen LogP contribution in [0.1, 0.15) is 30.9 Å². The van der Waals surface area contributed by atoms with E-state index in [2.05, 4.69) is 63.3 Å². The van der Waals surface area contributed by atoms with Crippen molar-refractivity contribution in [3.63, 3.8) is 0 Å². The topological polar surface area (TPSA) is 48.9 Å². The molecule has 0 aliphatic carbocycles. The number of thiophene rings is 1. The van der Waals surface area contributed by atoms with Crippen molar-refractivity contribution in [3.05, 3.63) is 52.2 Å². The van der Waals surface area contributed by atoms with Crippen molar-refractivity contribution in [3.8, 4) is 5.75 Å². The van der Waals surface area contributed by atoms with E-state index in [1.54, 1.807) is 11.3 Å². The lowest BCUT2D eigenvalue weighted by Crippen LogP contribution is -2.49. The summed E-state index contributed by atoms with van der Waals surface area (Å²) < 4.78 is 5.97. The fourth-order valence-corrected chi connectivity index (χ4v) is 4.06. The van der Waals surface area contributed by atoms with Crippen LogP contribution in [-0.2, 0) is 6.54 Å². The summed E-state index contributed by atoms with van der Waals surface area (Å²) in [4.78, 5) is 6.91. The van der Waals surface area contributed by atoms with Crippen LogP contribution in [0.2, 0.25) is 0 Å². The zero-order chi connectivity index (χ0) is 19.8. The predicted molar refractivity (Wildman–Crippen MR) is 134 cm³/mol. The van der Waals surface area contributed by atoms with Gasteiger partial charge in [0.05, 0.1) is 6.54 Å². The van der Waals surface area contributed by atoms with Crippen molar-refractivity contribution in [2.24, 2.45) is 4.99 Å². The molecule has 1 unspecified atom stereocenters. The van der Waals surface area contributed by atoms with Gasteiger partial charge in [-0.15, -0.1) is 24.0 Å². The number of piperidine rings is 1. The number of hydrogen-bond donors (Lipinski definition) is 2. The van der Waals surface area contributed by atoms with Gasteiger partial charge in [0.15, 0.2) is 5.96 Å². The molecular formula is C22H33IN4OS. The molecule has 1 saturated heterocycles. The Bertz CT molecular complexity index is 728. The first-order chi connectivity index (χ1) is 13.6. The average molecular weight is 529 g/mol. The van der Waals surface area contributed by atoms with Gasteiger partial charge in [-0.2, -0.15) is 11.3 Å². The highest BCUT2D eigenvalue weighted by atomic mass is 127. The van der Waals surface area contributed by atoms with Crippen molar-refractivity contribution < 1.29 is 4.74 Å². The normalized spacial score (nSPS) is 16.7. The summed E-state index contributed by atoms with van der Waals surface area (Å²) in [6.07, 6.45) is 2.34. The number of rotatable bonds is 7. The summed E-state index contributed by atoms with van der Waals surface area (Å²) in [6.45, 7) is 8.18. The smallest absolute Gasteiger partial charge is 0.191 e. The van der Waals surface area contributed by atoms with Crippen LogP contribution in [-0.4, -0.2) is 49.7 Å². The third-order valence-corrected chi connectivity index (χ3v) is 5.79. The largest absolute Gasteiger partial charge is 0.489 e. The Morgan fingerprint density at radius 1 is 1.24 bits per heavy atom. The van der Waals surface area contributed by atoms with Gasteiger partial charge in [-0.25, -0.2) is 0 Å². The van der Waals surface area contributed by atoms with Crippen LogP contribution in [0.4, 0.5) is 0 Å². The minimum atomic E-state index is 0. The monoisotopic (exact) mass is 528 g/mol. The Kier molecular flexibility index (Phi) is 10.2. The van der Waals surface area contributed by atoms with Gasteiger partial charge < -0.3 is 15.4 Å². The van der Waals surface area contributed by atoms with E-state index >= 15 is 0 Å². The van der Waals surface area contributed by atoms with Gasteiger partial charge in [-0.1, -0.05) is 17.7 Å². The minimum Gasteiger partial charge on any atom is -0.489 e. The molecule has 160 valence electrons. The van der Waals surface area contributed by atoms with Gasteiger partial charge in [0, 0.05) is 32.7 Å². The van der Waals surface area contributed by atoms with E-state index < -0.39 is 0 Å². The SMILES string of the molecule is CN=C(NCC(C)Oc1ccc(C)cc1)NC1CCN(Cc2ccsc2)CC1.I. The van der Waals surface area contributed by atoms with Crippen LogP contribution in [0.25, 0.3) is 0 Å². The average Bonchev–Trinajstić information content (AvgIpc) is 3.21. The molecule has 7 heteroatoms. The standard InChI is InChI=1S/C22H32N4OS.HI/c1-17-4-6-21(7-5-17)27-18(2)14-24-22(23-3)25-20-8-11-26(12-9-20)15-19-10-13-28-16-19;/h4-7,10,13,16,18,20H,8-9,11-12,14-15H2,1-3H3,(H2,23,24,25);1H. The fourth-order valence-electron chi connectivity index (χ4n) is 3.40. The van der Waals surface area contributed by atoms with Crippen molar-refractivity contribution in [2.75, 3.05) is 26.7 Å². The molecule has 29 heavy (non-hydrogen) atoms. The molecule has 1 aromatic carbocycles. The Morgan fingerprint density at radius 2 is 1.97 bits per heavy atom. The minimum absolute atomic E-state index is 0. The van der Waals surface area contributed by atoms with E-state index in [9.17, 15) is 0 Å². The molecule has 1 aromatic heterocycles. The molecule has 1 aliphatic heterocycles. The number of nitrogens with zero attached hydrogens (tertiary/aromatic N) is 2. The molecule has 0 saturated carbocycles. The molecule has 2 N–H and O–H groups in total. The van der Waals surface area contributed by atoms with Gasteiger partial charge in [0.2, 0.25) is 0 Å². The van der Waals surface area contributed by atoms with E-state index in [1.807, 2.05) is 19.2 Å². The van der Waals surface area contributed by atoms with Crippen molar-refractivity contribution in [2.45, 2.75) is 45.4 Å². The third-order valence-electron chi connectivity index (χ3n) is 5.05. The van der Waals surface area contributed by atoms with Crippen LogP contribution < -0.4 is 15.4 Å². The first-order valence-electron chi connectivity index (χ1n) is 10.1. The lowest BCUT2D eigenvalue weighted by Gasteiger charge is -2.33. The summed E-state index contributed by atoms with van der Waals surface area (Å²) in [6, 6.07) is 10.9. The summed E-state index contributed by atoms with van der Waals surface area (Å²) in [5.41, 5.74) is 2.67. The molecule has 2 heterocycles. The first-order valence-corrected chi connectivity index (χ1v) is 11.0. The Hall–Kier alpha value is -1.32. The van der Waals surface area contributed by atoms with Crippen molar-refractivity contribution in [1.29, 1.82) is 0 Å². The number of ether oxygens (including phenoxy) is 1. The van der Waals surface area contributed by atoms with E-state index in [-0.39, 0.29) is 30.1 Å². The maximum atomic E-state index is 5.97. The molecule has 1 atom stereocenters. The number of halogens is 1. The van der Waals surface area contributed by atoms with E-state index in [0.29, 0.717) is 12.6 Å². The van der Waals surface area contributed by atoms with E-state index in [4.69, 9.17) is 4.74 Å². The summed E-state index contributed by atoms with van der Waals surface area (Å²) in [7, 11) is 1.83. The summed E-state index contributed by atoms with van der Waals surface area (Å²) in [5.74, 6) is 1.76. The van der Waals surface area contributed by atoms with Gasteiger partial charge in [-0.05, 0) is 61.2 Å². The fraction of sp³-hybridized carbons (Fsp3) is 0.500. The molecule has 0 spiro atoms. The number of likely N-dealkylation sites (tertiary alicyclic amines) is 1. The molecular weight excluding hydrogens is 495 g/mol. The van der Waals surface area contributed by atoms with E-state index in [1.165, 1.54) is 11.1 Å². The van der Waals surface area contributed by atoms with Crippen LogP contribution in [0, 0.1) is 6.92 Å². The van der Waals surface area contributed by atoms with Crippen LogP contribution in [0.3, 0.4) is 0 Å². The molecule has 2 aromatic rings. The molecule has 1 fully saturated rings. The first kappa shape index (κ1) is 24.0. The van der Waals surface area contributed by atoms with Crippen molar-refractivity contribution in [1.82, 2.24) is 15.5 Å². The number of nitrogens with one attached hydrogen (secondary N) is 2. The second-order valence-electron chi connectivity index (χ2n) is 7.52. The molecule has 5 nitrogen and oxygen atoms in total. The Morgan fingerprint density at radius 3 is 2.59 bits per heavy atom. The highest BCUT2D eigenvalue weighted by Crippen LogP contribution is 2.16. The summed E-state index contributed by atoms with van der Waals surface area (Å²) >= 11 is 1.78. The van der Waals surface area contributed by atoms with Gasteiger partial charge in [-0.3, -0.25) is 9.89 Å². The third kappa shape index (κ3) is 8.14. The second kappa shape index (κ2) is 12.4. The van der Waals surface area contributed by atoms with Gasteiger partial charge in [0.25, 0.3) is 0 Å². The number of aliphatic imine (C=N–C) groups is 1. The van der Waals surface area contributed by atoms with Gasteiger partial charge >= 0.3 is 0 Å². The van der Waals surface area contributed by atoms with E-state index in [0.717, 1.165) is 44.2 Å². The maximum absolute atomic E-state index is 5.97. The Balaban J connectivity index is 0.00000300. The lowest BCUT2D eigenvalue weighted by molar-refractivity contribution is 0.198.